The molecular weight excluding hydrogens is 229 g/mol. The lowest BCUT2D eigenvalue weighted by atomic mass is 10.0. The number of aromatic nitrogens is 2. The smallest absolute Gasteiger partial charge is 0.124 e. The Morgan fingerprint density at radius 3 is 2.78 bits per heavy atom. The van der Waals surface area contributed by atoms with Crippen LogP contribution in [-0.2, 0) is 13.0 Å². The maximum Gasteiger partial charge on any atom is 0.124 e. The normalized spacial score (nSPS) is 10.3. The number of nitriles is 1. The molecule has 0 aliphatic carbocycles. The summed E-state index contributed by atoms with van der Waals surface area (Å²) < 4.78 is 15.0. The molecule has 0 bridgehead atoms. The van der Waals surface area contributed by atoms with Gasteiger partial charge in [0.2, 0.25) is 0 Å². The molecule has 2 aromatic rings. The number of aryl methyl sites for hydroxylation is 1. The first-order valence-electron chi connectivity index (χ1n) is 5.85. The van der Waals surface area contributed by atoms with E-state index in [2.05, 4.69) is 5.10 Å². The van der Waals surface area contributed by atoms with Crippen LogP contribution in [0.4, 0.5) is 4.39 Å². The molecule has 0 saturated carbocycles. The Kier molecular flexibility index (Phi) is 3.42. The molecule has 0 aliphatic rings. The number of rotatable bonds is 3. The minimum atomic E-state index is -0.378. The van der Waals surface area contributed by atoms with Crippen LogP contribution in [0.2, 0.25) is 0 Å². The molecule has 0 atom stereocenters. The summed E-state index contributed by atoms with van der Waals surface area (Å²) in [5.41, 5.74) is 3.38. The lowest BCUT2D eigenvalue weighted by molar-refractivity contribution is 0.626. The van der Waals surface area contributed by atoms with Gasteiger partial charge in [0.05, 0.1) is 17.8 Å². The van der Waals surface area contributed by atoms with E-state index in [1.165, 1.54) is 12.1 Å². The molecule has 0 spiro atoms. The first-order chi connectivity index (χ1) is 8.65. The summed E-state index contributed by atoms with van der Waals surface area (Å²) in [6.07, 6.45) is 2.42. The third kappa shape index (κ3) is 2.25. The van der Waals surface area contributed by atoms with Crippen LogP contribution < -0.4 is 0 Å². The maximum absolute atomic E-state index is 13.0. The van der Waals surface area contributed by atoms with E-state index in [1.807, 2.05) is 30.8 Å². The second kappa shape index (κ2) is 5.01. The molecule has 18 heavy (non-hydrogen) atoms. The van der Waals surface area contributed by atoms with Gasteiger partial charge in [0.1, 0.15) is 5.82 Å². The highest BCUT2D eigenvalue weighted by molar-refractivity contribution is 5.41. The van der Waals surface area contributed by atoms with Crippen LogP contribution >= 0.6 is 0 Å². The Hall–Kier alpha value is -2.15. The summed E-state index contributed by atoms with van der Waals surface area (Å²) in [6.45, 7) is 4.85. The van der Waals surface area contributed by atoms with Gasteiger partial charge in [0.15, 0.2) is 0 Å². The molecule has 1 aromatic heterocycles. The molecule has 0 fully saturated rings. The van der Waals surface area contributed by atoms with Gasteiger partial charge < -0.3 is 0 Å². The van der Waals surface area contributed by atoms with Crippen molar-refractivity contribution in [1.82, 2.24) is 9.78 Å². The van der Waals surface area contributed by atoms with Crippen LogP contribution in [0.1, 0.15) is 29.3 Å². The van der Waals surface area contributed by atoms with E-state index in [0.717, 1.165) is 23.4 Å². The van der Waals surface area contributed by atoms with E-state index in [0.29, 0.717) is 12.0 Å². The highest BCUT2D eigenvalue weighted by Gasteiger charge is 2.09. The fourth-order valence-corrected chi connectivity index (χ4v) is 1.99. The summed E-state index contributed by atoms with van der Waals surface area (Å²) in [6, 6.07) is 6.35. The molecule has 0 aliphatic heterocycles. The first kappa shape index (κ1) is 12.3. The second-order valence-corrected chi connectivity index (χ2v) is 4.16. The topological polar surface area (TPSA) is 41.6 Å². The van der Waals surface area contributed by atoms with E-state index in [1.54, 1.807) is 6.07 Å². The first-order valence-corrected chi connectivity index (χ1v) is 5.85. The molecule has 0 amide bonds. The van der Waals surface area contributed by atoms with Gasteiger partial charge in [-0.15, -0.1) is 0 Å². The molecule has 4 heteroatoms. The molecule has 0 radical (unpaired) electrons. The lowest BCUT2D eigenvalue weighted by Crippen LogP contribution is -2.00. The standard InChI is InChI=1S/C14H14FN3/c1-3-18-10(2)13(9-17-18)6-11-4-5-14(15)7-12(11)8-16/h4-5,7,9H,3,6H2,1-2H3. The Morgan fingerprint density at radius 1 is 1.39 bits per heavy atom. The molecule has 3 nitrogen and oxygen atoms in total. The van der Waals surface area contributed by atoms with Crippen molar-refractivity contribution in [2.75, 3.05) is 0 Å². The van der Waals surface area contributed by atoms with E-state index in [9.17, 15) is 4.39 Å². The molecule has 0 unspecified atom stereocenters. The van der Waals surface area contributed by atoms with Crippen molar-refractivity contribution in [3.8, 4) is 6.07 Å². The highest BCUT2D eigenvalue weighted by Crippen LogP contribution is 2.17. The predicted molar refractivity (Wildman–Crippen MR) is 66.6 cm³/mol. The van der Waals surface area contributed by atoms with Crippen molar-refractivity contribution >= 4 is 0 Å². The van der Waals surface area contributed by atoms with Crippen molar-refractivity contribution in [2.24, 2.45) is 0 Å². The Bertz CT molecular complexity index is 608. The summed E-state index contributed by atoms with van der Waals surface area (Å²) in [5, 5.41) is 13.3. The van der Waals surface area contributed by atoms with Crippen molar-refractivity contribution < 1.29 is 4.39 Å². The quantitative estimate of drug-likeness (QED) is 0.831. The van der Waals surface area contributed by atoms with Gasteiger partial charge in [0.25, 0.3) is 0 Å². The Morgan fingerprint density at radius 2 is 2.17 bits per heavy atom. The van der Waals surface area contributed by atoms with Crippen LogP contribution in [0.5, 0.6) is 0 Å². The summed E-state index contributed by atoms with van der Waals surface area (Å²) in [4.78, 5) is 0. The molecule has 2 rings (SSSR count). The minimum Gasteiger partial charge on any atom is -0.270 e. The molecule has 92 valence electrons. The van der Waals surface area contributed by atoms with Crippen LogP contribution in [0.15, 0.2) is 24.4 Å². The zero-order chi connectivity index (χ0) is 13.1. The van der Waals surface area contributed by atoms with E-state index >= 15 is 0 Å². The molecule has 1 heterocycles. The van der Waals surface area contributed by atoms with Gasteiger partial charge in [-0.25, -0.2) is 4.39 Å². The van der Waals surface area contributed by atoms with E-state index in [4.69, 9.17) is 5.26 Å². The number of hydrogen-bond donors (Lipinski definition) is 0. The Labute approximate surface area is 105 Å². The van der Waals surface area contributed by atoms with Gasteiger partial charge in [-0.3, -0.25) is 4.68 Å². The van der Waals surface area contributed by atoms with Gasteiger partial charge in [-0.1, -0.05) is 6.07 Å². The van der Waals surface area contributed by atoms with Crippen molar-refractivity contribution in [1.29, 1.82) is 5.26 Å². The Balaban J connectivity index is 2.34. The monoisotopic (exact) mass is 243 g/mol. The fourth-order valence-electron chi connectivity index (χ4n) is 1.99. The summed E-state index contributed by atoms with van der Waals surface area (Å²) in [7, 11) is 0. The third-order valence-electron chi connectivity index (χ3n) is 3.08. The zero-order valence-electron chi connectivity index (χ0n) is 10.4. The van der Waals surface area contributed by atoms with Crippen LogP contribution in [0.3, 0.4) is 0 Å². The number of benzene rings is 1. The van der Waals surface area contributed by atoms with Gasteiger partial charge >= 0.3 is 0 Å². The number of nitrogens with zero attached hydrogens (tertiary/aromatic N) is 3. The van der Waals surface area contributed by atoms with Gasteiger partial charge in [-0.2, -0.15) is 10.4 Å². The lowest BCUT2D eigenvalue weighted by Gasteiger charge is -2.05. The van der Waals surface area contributed by atoms with Gasteiger partial charge in [0, 0.05) is 18.7 Å². The van der Waals surface area contributed by atoms with Crippen molar-refractivity contribution in [3.05, 3.63) is 52.6 Å². The third-order valence-corrected chi connectivity index (χ3v) is 3.08. The molecular formula is C14H14FN3. The predicted octanol–water partition coefficient (Wildman–Crippen LogP) is 2.81. The van der Waals surface area contributed by atoms with Crippen LogP contribution in [0, 0.1) is 24.1 Å². The second-order valence-electron chi connectivity index (χ2n) is 4.16. The minimum absolute atomic E-state index is 0.378. The van der Waals surface area contributed by atoms with Crippen LogP contribution in [0.25, 0.3) is 0 Å². The zero-order valence-corrected chi connectivity index (χ0v) is 10.4. The largest absolute Gasteiger partial charge is 0.270 e. The van der Waals surface area contributed by atoms with Gasteiger partial charge in [-0.05, 0) is 37.1 Å². The van der Waals surface area contributed by atoms with Crippen LogP contribution in [-0.4, -0.2) is 9.78 Å². The molecule has 0 N–H and O–H groups in total. The highest BCUT2D eigenvalue weighted by atomic mass is 19.1. The SMILES string of the molecule is CCn1ncc(Cc2ccc(F)cc2C#N)c1C. The van der Waals surface area contributed by atoms with E-state index in [-0.39, 0.29) is 5.82 Å². The average Bonchev–Trinajstić information content (AvgIpc) is 2.72. The molecule has 1 aromatic carbocycles. The summed E-state index contributed by atoms with van der Waals surface area (Å²) in [5.74, 6) is -0.378. The van der Waals surface area contributed by atoms with E-state index < -0.39 is 0 Å². The average molecular weight is 243 g/mol. The van der Waals surface area contributed by atoms with Crippen molar-refractivity contribution in [3.63, 3.8) is 0 Å². The molecule has 0 saturated heterocycles. The summed E-state index contributed by atoms with van der Waals surface area (Å²) >= 11 is 0. The number of hydrogen-bond acceptors (Lipinski definition) is 2. The maximum atomic E-state index is 13.0. The fraction of sp³-hybridized carbons (Fsp3) is 0.286. The number of halogens is 1. The van der Waals surface area contributed by atoms with Crippen molar-refractivity contribution in [2.45, 2.75) is 26.8 Å².